The van der Waals surface area contributed by atoms with E-state index in [0.717, 1.165) is 13.1 Å². The average Bonchev–Trinajstić information content (AvgIpc) is 2.99. The number of ether oxygens (including phenoxy) is 1. The van der Waals surface area contributed by atoms with Gasteiger partial charge in [-0.15, -0.1) is 0 Å². The Balaban J connectivity index is 1.84. The van der Waals surface area contributed by atoms with Gasteiger partial charge in [-0.05, 0) is 37.4 Å². The highest BCUT2D eigenvalue weighted by Crippen LogP contribution is 2.38. The minimum atomic E-state index is -0.351. The predicted octanol–water partition coefficient (Wildman–Crippen LogP) is 2.88. The van der Waals surface area contributed by atoms with Gasteiger partial charge < -0.3 is 14.5 Å². The number of para-hydroxylation sites is 1. The third kappa shape index (κ3) is 3.50. The summed E-state index contributed by atoms with van der Waals surface area (Å²) in [6.45, 7) is 3.01. The maximum Gasteiger partial charge on any atom is 0.282 e. The molecule has 2 aromatic rings. The lowest BCUT2D eigenvalue weighted by Gasteiger charge is -2.34. The number of hydrogen-bond donors (Lipinski definition) is 0. The number of methoxy groups -OCH3 is 1. The summed E-state index contributed by atoms with van der Waals surface area (Å²) >= 11 is 5.99. The zero-order chi connectivity index (χ0) is 20.5. The molecule has 0 aliphatic carbocycles. The first-order valence-electron chi connectivity index (χ1n) is 9.46. The summed E-state index contributed by atoms with van der Waals surface area (Å²) in [6, 6.07) is 14.0. The van der Waals surface area contributed by atoms with Gasteiger partial charge in [0.1, 0.15) is 11.4 Å². The standard InChI is InChI=1S/C22H22ClN3O3/c1-24-11-13-25(14-12-24)20-19(17-5-3-4-6-18(17)29-2)21(27)26(22(20)28)16-9-7-15(23)8-10-16/h3-10H,11-14H2,1-2H3. The first-order chi connectivity index (χ1) is 14.0. The molecule has 2 aliphatic rings. The number of carbonyl (C=O) groups excluding carboxylic acids is 2. The molecule has 0 atom stereocenters. The van der Waals surface area contributed by atoms with Crippen molar-refractivity contribution < 1.29 is 14.3 Å². The van der Waals surface area contributed by atoms with Crippen molar-refractivity contribution in [3.05, 3.63) is 64.8 Å². The number of likely N-dealkylation sites (N-methyl/N-ethyl adjacent to an activating group) is 1. The first kappa shape index (κ1) is 19.5. The van der Waals surface area contributed by atoms with E-state index in [9.17, 15) is 9.59 Å². The summed E-state index contributed by atoms with van der Waals surface area (Å²) in [4.78, 5) is 32.4. The average molecular weight is 412 g/mol. The molecule has 2 heterocycles. The van der Waals surface area contributed by atoms with E-state index in [1.54, 1.807) is 37.4 Å². The molecule has 0 unspecified atom stereocenters. The molecular formula is C22H22ClN3O3. The summed E-state index contributed by atoms with van der Waals surface area (Å²) in [5.74, 6) is -0.105. The van der Waals surface area contributed by atoms with Crippen LogP contribution < -0.4 is 9.64 Å². The quantitative estimate of drug-likeness (QED) is 0.724. The Hall–Kier alpha value is -2.83. The molecule has 4 rings (SSSR count). The minimum absolute atomic E-state index is 0.317. The first-order valence-corrected chi connectivity index (χ1v) is 9.84. The molecule has 29 heavy (non-hydrogen) atoms. The van der Waals surface area contributed by atoms with Crippen molar-refractivity contribution in [2.45, 2.75) is 0 Å². The molecule has 0 N–H and O–H groups in total. The second-order valence-electron chi connectivity index (χ2n) is 7.14. The third-order valence-electron chi connectivity index (χ3n) is 5.34. The van der Waals surface area contributed by atoms with Crippen LogP contribution in [-0.4, -0.2) is 62.0 Å². The molecule has 2 aromatic carbocycles. The molecule has 2 amide bonds. The van der Waals surface area contributed by atoms with Crippen LogP contribution in [-0.2, 0) is 9.59 Å². The van der Waals surface area contributed by atoms with Gasteiger partial charge in [0.05, 0.1) is 18.4 Å². The van der Waals surface area contributed by atoms with Gasteiger partial charge in [-0.2, -0.15) is 0 Å². The number of rotatable bonds is 4. The van der Waals surface area contributed by atoms with Crippen LogP contribution in [0.5, 0.6) is 5.75 Å². The van der Waals surface area contributed by atoms with Crippen molar-refractivity contribution in [1.29, 1.82) is 0 Å². The zero-order valence-electron chi connectivity index (χ0n) is 16.4. The van der Waals surface area contributed by atoms with Gasteiger partial charge in [0.25, 0.3) is 11.8 Å². The summed E-state index contributed by atoms with van der Waals surface area (Å²) in [7, 11) is 3.61. The van der Waals surface area contributed by atoms with E-state index < -0.39 is 0 Å². The zero-order valence-corrected chi connectivity index (χ0v) is 17.1. The Labute approximate surface area is 174 Å². The Morgan fingerprint density at radius 1 is 0.897 bits per heavy atom. The smallest absolute Gasteiger partial charge is 0.282 e. The molecule has 0 spiro atoms. The second kappa shape index (κ2) is 7.89. The minimum Gasteiger partial charge on any atom is -0.496 e. The predicted molar refractivity (Wildman–Crippen MR) is 113 cm³/mol. The highest BCUT2D eigenvalue weighted by molar-refractivity contribution is 6.45. The number of benzene rings is 2. The number of anilines is 1. The molecule has 0 bridgehead atoms. The van der Waals surface area contributed by atoms with E-state index in [-0.39, 0.29) is 11.8 Å². The molecule has 150 valence electrons. The number of halogens is 1. The van der Waals surface area contributed by atoms with E-state index in [0.29, 0.717) is 46.4 Å². The lowest BCUT2D eigenvalue weighted by Crippen LogP contribution is -2.46. The molecule has 0 saturated carbocycles. The fourth-order valence-corrected chi connectivity index (χ4v) is 3.89. The SMILES string of the molecule is COc1ccccc1C1=C(N2CCN(C)CC2)C(=O)N(c2ccc(Cl)cc2)C1=O. The number of amides is 2. The fourth-order valence-electron chi connectivity index (χ4n) is 3.76. The topological polar surface area (TPSA) is 53.1 Å². The lowest BCUT2D eigenvalue weighted by atomic mass is 10.0. The Kier molecular flexibility index (Phi) is 5.30. The van der Waals surface area contributed by atoms with Gasteiger partial charge in [0, 0.05) is 36.8 Å². The van der Waals surface area contributed by atoms with E-state index in [1.165, 1.54) is 4.90 Å². The molecule has 1 saturated heterocycles. The monoisotopic (exact) mass is 411 g/mol. The molecule has 7 heteroatoms. The maximum absolute atomic E-state index is 13.5. The number of imide groups is 1. The van der Waals surface area contributed by atoms with Crippen molar-refractivity contribution in [2.24, 2.45) is 0 Å². The highest BCUT2D eigenvalue weighted by Gasteiger charge is 2.43. The molecule has 6 nitrogen and oxygen atoms in total. The van der Waals surface area contributed by atoms with Crippen LogP contribution in [0.25, 0.3) is 5.57 Å². The fraction of sp³-hybridized carbons (Fsp3) is 0.273. The summed E-state index contributed by atoms with van der Waals surface area (Å²) < 4.78 is 5.49. The number of hydrogen-bond acceptors (Lipinski definition) is 5. The van der Waals surface area contributed by atoms with Crippen molar-refractivity contribution in [3.8, 4) is 5.75 Å². The summed E-state index contributed by atoms with van der Waals surface area (Å²) in [5.41, 5.74) is 1.94. The van der Waals surface area contributed by atoms with E-state index in [4.69, 9.17) is 16.3 Å². The van der Waals surface area contributed by atoms with Gasteiger partial charge in [-0.3, -0.25) is 9.59 Å². The number of piperazine rings is 1. The third-order valence-corrected chi connectivity index (χ3v) is 5.59. The Bertz CT molecular complexity index is 979. The maximum atomic E-state index is 13.5. The largest absolute Gasteiger partial charge is 0.496 e. The van der Waals surface area contributed by atoms with Crippen LogP contribution in [0.1, 0.15) is 5.56 Å². The molecule has 1 fully saturated rings. The van der Waals surface area contributed by atoms with E-state index in [2.05, 4.69) is 11.9 Å². The van der Waals surface area contributed by atoms with E-state index in [1.807, 2.05) is 23.1 Å². The summed E-state index contributed by atoms with van der Waals surface area (Å²) in [5, 5.41) is 0.546. The Morgan fingerprint density at radius 2 is 1.55 bits per heavy atom. The normalized spacial score (nSPS) is 18.0. The molecule has 0 radical (unpaired) electrons. The van der Waals surface area contributed by atoms with E-state index >= 15 is 0 Å². The number of nitrogens with zero attached hydrogens (tertiary/aromatic N) is 3. The van der Waals surface area contributed by atoms with Gasteiger partial charge >= 0.3 is 0 Å². The lowest BCUT2D eigenvalue weighted by molar-refractivity contribution is -0.120. The van der Waals surface area contributed by atoms with Gasteiger partial charge in [-0.25, -0.2) is 4.90 Å². The summed E-state index contributed by atoms with van der Waals surface area (Å²) in [6.07, 6.45) is 0. The van der Waals surface area contributed by atoms with Crippen LogP contribution in [0, 0.1) is 0 Å². The van der Waals surface area contributed by atoms with Crippen LogP contribution in [0.15, 0.2) is 54.2 Å². The van der Waals surface area contributed by atoms with Crippen LogP contribution in [0.2, 0.25) is 5.02 Å². The molecular weight excluding hydrogens is 390 g/mol. The van der Waals surface area contributed by atoms with Crippen molar-refractivity contribution >= 4 is 34.7 Å². The van der Waals surface area contributed by atoms with Crippen molar-refractivity contribution in [1.82, 2.24) is 9.80 Å². The molecule has 0 aromatic heterocycles. The second-order valence-corrected chi connectivity index (χ2v) is 7.57. The number of carbonyl (C=O) groups is 2. The van der Waals surface area contributed by atoms with Crippen LogP contribution in [0.3, 0.4) is 0 Å². The highest BCUT2D eigenvalue weighted by atomic mass is 35.5. The van der Waals surface area contributed by atoms with Gasteiger partial charge in [0.15, 0.2) is 0 Å². The van der Waals surface area contributed by atoms with Crippen molar-refractivity contribution in [3.63, 3.8) is 0 Å². The van der Waals surface area contributed by atoms with Crippen molar-refractivity contribution in [2.75, 3.05) is 45.2 Å². The van der Waals surface area contributed by atoms with Crippen LogP contribution in [0.4, 0.5) is 5.69 Å². The van der Waals surface area contributed by atoms with Crippen LogP contribution >= 0.6 is 11.6 Å². The molecule has 2 aliphatic heterocycles. The van der Waals surface area contributed by atoms with Gasteiger partial charge in [-0.1, -0.05) is 29.8 Å². The van der Waals surface area contributed by atoms with Gasteiger partial charge in [0.2, 0.25) is 0 Å². The Morgan fingerprint density at radius 3 is 2.21 bits per heavy atom.